The first kappa shape index (κ1) is 14.2. The van der Waals surface area contributed by atoms with Gasteiger partial charge in [-0.1, -0.05) is 13.8 Å². The van der Waals surface area contributed by atoms with Crippen LogP contribution in [-0.4, -0.2) is 36.7 Å². The fourth-order valence-corrected chi connectivity index (χ4v) is 1.99. The van der Waals surface area contributed by atoms with Crippen molar-refractivity contribution in [2.75, 3.05) is 20.8 Å². The summed E-state index contributed by atoms with van der Waals surface area (Å²) in [7, 11) is 3.37. The Kier molecular flexibility index (Phi) is 5.61. The zero-order valence-electron chi connectivity index (χ0n) is 11.1. The first-order valence-corrected chi connectivity index (χ1v) is 5.90. The number of hydrogen-bond donors (Lipinski definition) is 1. The van der Waals surface area contributed by atoms with Gasteiger partial charge in [-0.05, 0) is 12.0 Å². The third-order valence-electron chi connectivity index (χ3n) is 2.88. The van der Waals surface area contributed by atoms with Crippen molar-refractivity contribution >= 4 is 0 Å². The minimum atomic E-state index is -0.167. The van der Waals surface area contributed by atoms with Crippen LogP contribution in [0.4, 0.5) is 0 Å². The Balaban J connectivity index is 2.80. The first-order valence-electron chi connectivity index (χ1n) is 5.90. The molecular weight excluding hydrogens is 218 g/mol. The summed E-state index contributed by atoms with van der Waals surface area (Å²) in [5, 5.41) is 4.25. The Bertz CT molecular complexity index is 325. The zero-order chi connectivity index (χ0) is 12.8. The van der Waals surface area contributed by atoms with Gasteiger partial charge in [0.25, 0.3) is 0 Å². The van der Waals surface area contributed by atoms with Crippen molar-refractivity contribution in [3.63, 3.8) is 0 Å². The molecule has 1 heterocycles. The van der Waals surface area contributed by atoms with Crippen molar-refractivity contribution in [3.05, 3.63) is 18.0 Å². The van der Waals surface area contributed by atoms with Crippen LogP contribution in [0.2, 0.25) is 0 Å². The minimum absolute atomic E-state index is 0.00649. The van der Waals surface area contributed by atoms with Crippen LogP contribution < -0.4 is 5.73 Å². The maximum Gasteiger partial charge on any atom is 0.0801 e. The molecule has 98 valence electrons. The lowest BCUT2D eigenvalue weighted by atomic mass is 9.97. The molecule has 0 fully saturated rings. The second-order valence-corrected chi connectivity index (χ2v) is 4.44. The normalized spacial score (nSPS) is 15.2. The Morgan fingerprint density at radius 1 is 1.41 bits per heavy atom. The predicted octanol–water partition coefficient (Wildman–Crippen LogP) is 1.20. The van der Waals surface area contributed by atoms with Gasteiger partial charge in [0.15, 0.2) is 0 Å². The van der Waals surface area contributed by atoms with Crippen molar-refractivity contribution < 1.29 is 9.47 Å². The lowest BCUT2D eigenvalue weighted by molar-refractivity contribution is 0.0410. The molecule has 0 bridgehead atoms. The van der Waals surface area contributed by atoms with Gasteiger partial charge in [0.2, 0.25) is 0 Å². The second-order valence-electron chi connectivity index (χ2n) is 4.44. The van der Waals surface area contributed by atoms with E-state index in [1.807, 2.05) is 10.7 Å². The van der Waals surface area contributed by atoms with E-state index in [1.165, 1.54) is 0 Å². The highest BCUT2D eigenvalue weighted by Gasteiger charge is 2.24. The van der Waals surface area contributed by atoms with Crippen molar-refractivity contribution in [3.8, 4) is 0 Å². The first-order chi connectivity index (χ1) is 8.11. The summed E-state index contributed by atoms with van der Waals surface area (Å²) < 4.78 is 12.4. The van der Waals surface area contributed by atoms with E-state index < -0.39 is 0 Å². The molecule has 1 aromatic heterocycles. The van der Waals surface area contributed by atoms with E-state index in [0.29, 0.717) is 19.1 Å². The molecule has 0 aliphatic rings. The smallest absolute Gasteiger partial charge is 0.0801 e. The molecular formula is C12H23N3O2. The van der Waals surface area contributed by atoms with Crippen LogP contribution in [0.25, 0.3) is 0 Å². The van der Waals surface area contributed by atoms with E-state index in [4.69, 9.17) is 15.2 Å². The number of aromatic nitrogens is 2. The van der Waals surface area contributed by atoms with Gasteiger partial charge in [0, 0.05) is 20.4 Å². The lowest BCUT2D eigenvalue weighted by Gasteiger charge is -2.26. The van der Waals surface area contributed by atoms with E-state index in [-0.39, 0.29) is 12.1 Å². The molecule has 0 aromatic carbocycles. The fraction of sp³-hybridized carbons (Fsp3) is 0.750. The summed E-state index contributed by atoms with van der Waals surface area (Å²) in [5.41, 5.74) is 7.23. The van der Waals surface area contributed by atoms with Crippen LogP contribution >= 0.6 is 0 Å². The Hall–Kier alpha value is -0.910. The molecule has 0 aliphatic carbocycles. The standard InChI is InChI=1S/C12H23N3O2/c1-9(2)12(17-4)11(13)10-5-6-14-15(10)7-8-16-3/h5-6,9,11-12H,7-8,13H2,1-4H3. The lowest BCUT2D eigenvalue weighted by Crippen LogP contribution is -2.34. The quantitative estimate of drug-likeness (QED) is 0.779. The van der Waals surface area contributed by atoms with Gasteiger partial charge in [-0.15, -0.1) is 0 Å². The molecule has 0 aliphatic heterocycles. The summed E-state index contributed by atoms with van der Waals surface area (Å²) in [6.45, 7) is 5.54. The van der Waals surface area contributed by atoms with Gasteiger partial charge in [-0.2, -0.15) is 5.10 Å². The van der Waals surface area contributed by atoms with Crippen molar-refractivity contribution in [1.82, 2.24) is 9.78 Å². The molecule has 1 rings (SSSR count). The molecule has 2 N–H and O–H groups in total. The minimum Gasteiger partial charge on any atom is -0.383 e. The molecule has 0 spiro atoms. The summed E-state index contributed by atoms with van der Waals surface area (Å²) in [6, 6.07) is 1.77. The molecule has 5 heteroatoms. The predicted molar refractivity (Wildman–Crippen MR) is 66.7 cm³/mol. The maximum absolute atomic E-state index is 6.24. The van der Waals surface area contributed by atoms with E-state index in [0.717, 1.165) is 5.69 Å². The topological polar surface area (TPSA) is 62.3 Å². The fourth-order valence-electron chi connectivity index (χ4n) is 1.99. The molecule has 2 unspecified atom stereocenters. The van der Waals surface area contributed by atoms with Gasteiger partial charge in [0.1, 0.15) is 0 Å². The summed E-state index contributed by atoms with van der Waals surface area (Å²) in [5.74, 6) is 0.362. The summed E-state index contributed by atoms with van der Waals surface area (Å²) >= 11 is 0. The van der Waals surface area contributed by atoms with Crippen molar-refractivity contribution in [2.45, 2.75) is 32.5 Å². The third-order valence-corrected chi connectivity index (χ3v) is 2.88. The Morgan fingerprint density at radius 3 is 2.65 bits per heavy atom. The van der Waals surface area contributed by atoms with E-state index in [1.54, 1.807) is 20.4 Å². The van der Waals surface area contributed by atoms with Gasteiger partial charge in [-0.25, -0.2) is 0 Å². The Labute approximate surface area is 103 Å². The van der Waals surface area contributed by atoms with Crippen LogP contribution in [-0.2, 0) is 16.0 Å². The van der Waals surface area contributed by atoms with Gasteiger partial charge in [0.05, 0.1) is 31.0 Å². The molecule has 0 saturated carbocycles. The maximum atomic E-state index is 6.24. The van der Waals surface area contributed by atoms with Crippen LogP contribution in [0.1, 0.15) is 25.6 Å². The monoisotopic (exact) mass is 241 g/mol. The van der Waals surface area contributed by atoms with Crippen LogP contribution in [0.5, 0.6) is 0 Å². The van der Waals surface area contributed by atoms with Gasteiger partial charge >= 0.3 is 0 Å². The number of hydrogen-bond acceptors (Lipinski definition) is 4. The highest BCUT2D eigenvalue weighted by molar-refractivity contribution is 5.09. The number of nitrogens with two attached hydrogens (primary N) is 1. The highest BCUT2D eigenvalue weighted by Crippen LogP contribution is 2.21. The molecule has 5 nitrogen and oxygen atoms in total. The van der Waals surface area contributed by atoms with Crippen molar-refractivity contribution in [2.24, 2.45) is 11.7 Å². The zero-order valence-corrected chi connectivity index (χ0v) is 11.1. The average molecular weight is 241 g/mol. The highest BCUT2D eigenvalue weighted by atomic mass is 16.5. The number of methoxy groups -OCH3 is 2. The molecule has 17 heavy (non-hydrogen) atoms. The van der Waals surface area contributed by atoms with Crippen LogP contribution in [0.15, 0.2) is 12.3 Å². The van der Waals surface area contributed by atoms with Gasteiger partial charge < -0.3 is 15.2 Å². The summed E-state index contributed by atoms with van der Waals surface area (Å²) in [4.78, 5) is 0. The average Bonchev–Trinajstić information content (AvgIpc) is 2.74. The third kappa shape index (κ3) is 3.52. The molecule has 1 aromatic rings. The van der Waals surface area contributed by atoms with Gasteiger partial charge in [-0.3, -0.25) is 4.68 Å². The van der Waals surface area contributed by atoms with E-state index in [2.05, 4.69) is 18.9 Å². The number of rotatable bonds is 7. The summed E-state index contributed by atoms with van der Waals surface area (Å²) in [6.07, 6.45) is 1.76. The SMILES string of the molecule is COCCn1nccc1C(N)C(OC)C(C)C. The molecule has 0 radical (unpaired) electrons. The molecule has 2 atom stereocenters. The van der Waals surface area contributed by atoms with Crippen molar-refractivity contribution in [1.29, 1.82) is 0 Å². The van der Waals surface area contributed by atoms with Crippen LogP contribution in [0.3, 0.4) is 0 Å². The van der Waals surface area contributed by atoms with E-state index in [9.17, 15) is 0 Å². The largest absolute Gasteiger partial charge is 0.383 e. The number of nitrogens with zero attached hydrogens (tertiary/aromatic N) is 2. The molecule has 0 saturated heterocycles. The number of ether oxygens (including phenoxy) is 2. The van der Waals surface area contributed by atoms with E-state index >= 15 is 0 Å². The van der Waals surface area contributed by atoms with Crippen LogP contribution in [0, 0.1) is 5.92 Å². The Morgan fingerprint density at radius 2 is 2.12 bits per heavy atom. The second kappa shape index (κ2) is 6.74. The molecule has 0 amide bonds.